The summed E-state index contributed by atoms with van der Waals surface area (Å²) in [5.41, 5.74) is 0. The number of urea groups is 1. The monoisotopic (exact) mass is 283 g/mol. The van der Waals surface area contributed by atoms with Gasteiger partial charge in [0.25, 0.3) is 0 Å². The fourth-order valence-electron chi connectivity index (χ4n) is 2.76. The van der Waals surface area contributed by atoms with Crippen LogP contribution in [0.1, 0.15) is 0 Å². The Bertz CT molecular complexity index is 374. The van der Waals surface area contributed by atoms with E-state index in [1.165, 1.54) is 4.90 Å². The summed E-state index contributed by atoms with van der Waals surface area (Å²) in [4.78, 5) is 31.6. The maximum Gasteiger partial charge on any atom is 0.317 e. The molecule has 0 aliphatic carbocycles. The Morgan fingerprint density at radius 2 is 1.85 bits per heavy atom. The molecule has 2 heterocycles. The minimum atomic E-state index is -0.227. The smallest absolute Gasteiger partial charge is 0.317 e. The summed E-state index contributed by atoms with van der Waals surface area (Å²) >= 11 is 0. The van der Waals surface area contributed by atoms with Crippen molar-refractivity contribution < 1.29 is 9.59 Å². The van der Waals surface area contributed by atoms with Crippen molar-refractivity contribution in [2.75, 3.05) is 67.0 Å². The number of fused-ring (bicyclic) bond motifs is 1. The molecule has 2 aliphatic heterocycles. The second kappa shape index (κ2) is 6.41. The van der Waals surface area contributed by atoms with Gasteiger partial charge < -0.3 is 20.0 Å². The summed E-state index contributed by atoms with van der Waals surface area (Å²) in [7, 11) is 5.45. The molecule has 0 spiro atoms. The third-order valence-corrected chi connectivity index (χ3v) is 4.05. The highest BCUT2D eigenvalue weighted by atomic mass is 16.2. The van der Waals surface area contributed by atoms with Crippen LogP contribution in [0, 0.1) is 0 Å². The maximum absolute atomic E-state index is 12.1. The van der Waals surface area contributed by atoms with E-state index in [-0.39, 0.29) is 18.5 Å². The highest BCUT2D eigenvalue weighted by molar-refractivity contribution is 5.83. The quantitative estimate of drug-likeness (QED) is 0.685. The number of hydrogen-bond acceptors (Lipinski definition) is 4. The fraction of sp³-hybridized carbons (Fsp3) is 0.846. The van der Waals surface area contributed by atoms with Crippen molar-refractivity contribution in [2.24, 2.45) is 0 Å². The van der Waals surface area contributed by atoms with Gasteiger partial charge in [0.05, 0.1) is 6.54 Å². The third kappa shape index (κ3) is 3.61. The lowest BCUT2D eigenvalue weighted by atomic mass is 10.1. The summed E-state index contributed by atoms with van der Waals surface area (Å²) in [5, 5.41) is 2.63. The van der Waals surface area contributed by atoms with Gasteiger partial charge in [0.15, 0.2) is 0 Å². The van der Waals surface area contributed by atoms with Gasteiger partial charge in [-0.15, -0.1) is 0 Å². The van der Waals surface area contributed by atoms with Gasteiger partial charge in [0.2, 0.25) is 5.91 Å². The molecule has 0 saturated carbocycles. The lowest BCUT2D eigenvalue weighted by molar-refractivity contribution is -0.134. The van der Waals surface area contributed by atoms with Crippen LogP contribution < -0.4 is 5.32 Å². The fourth-order valence-corrected chi connectivity index (χ4v) is 2.76. The van der Waals surface area contributed by atoms with Gasteiger partial charge in [-0.2, -0.15) is 0 Å². The predicted molar refractivity (Wildman–Crippen MR) is 76.5 cm³/mol. The number of carbonyl (C=O) groups excluding carboxylic acids is 2. The molecule has 0 aromatic rings. The molecule has 7 nitrogen and oxygen atoms in total. The molecule has 7 heteroatoms. The summed E-state index contributed by atoms with van der Waals surface area (Å²) in [5.74, 6) is 0.00748. The van der Waals surface area contributed by atoms with Crippen molar-refractivity contribution in [3.63, 3.8) is 0 Å². The molecule has 1 atom stereocenters. The van der Waals surface area contributed by atoms with E-state index >= 15 is 0 Å². The van der Waals surface area contributed by atoms with Crippen LogP contribution in [0.15, 0.2) is 0 Å². The molecule has 0 aromatic carbocycles. The van der Waals surface area contributed by atoms with E-state index in [9.17, 15) is 9.59 Å². The number of carbonyl (C=O) groups is 2. The number of amides is 3. The van der Waals surface area contributed by atoms with Gasteiger partial charge in [0, 0.05) is 59.4 Å². The maximum atomic E-state index is 12.1. The first kappa shape index (κ1) is 15.1. The number of hydrogen-bond donors (Lipinski definition) is 1. The van der Waals surface area contributed by atoms with Crippen LogP contribution in [0.5, 0.6) is 0 Å². The predicted octanol–water partition coefficient (Wildman–Crippen LogP) is -1.28. The Labute approximate surface area is 120 Å². The molecule has 0 aromatic heterocycles. The summed E-state index contributed by atoms with van der Waals surface area (Å²) in [6, 6.07) is 0.199. The van der Waals surface area contributed by atoms with Crippen molar-refractivity contribution >= 4 is 11.9 Å². The Morgan fingerprint density at radius 3 is 2.55 bits per heavy atom. The lowest BCUT2D eigenvalue weighted by Crippen LogP contribution is -2.62. The van der Waals surface area contributed by atoms with Crippen LogP contribution in [0.25, 0.3) is 0 Å². The van der Waals surface area contributed by atoms with E-state index in [1.807, 2.05) is 4.90 Å². The summed E-state index contributed by atoms with van der Waals surface area (Å²) in [6.45, 7) is 5.74. The SMILES string of the molecule is CN1CCN2CCN(C(=O)CNC(=O)N(C)C)CC2C1. The van der Waals surface area contributed by atoms with E-state index in [0.717, 1.165) is 39.3 Å². The number of rotatable bonds is 2. The topological polar surface area (TPSA) is 59.1 Å². The van der Waals surface area contributed by atoms with Gasteiger partial charge in [-0.3, -0.25) is 9.69 Å². The lowest BCUT2D eigenvalue weighted by Gasteiger charge is -2.46. The molecule has 2 saturated heterocycles. The molecule has 114 valence electrons. The van der Waals surface area contributed by atoms with E-state index in [4.69, 9.17) is 0 Å². The Morgan fingerprint density at radius 1 is 1.15 bits per heavy atom. The number of piperazine rings is 2. The standard InChI is InChI=1S/C13H25N5O2/c1-15(2)13(20)14-8-12(19)18-7-6-17-5-4-16(3)9-11(17)10-18/h11H,4-10H2,1-3H3,(H,14,20). The van der Waals surface area contributed by atoms with Crippen molar-refractivity contribution in [2.45, 2.75) is 6.04 Å². The van der Waals surface area contributed by atoms with Gasteiger partial charge in [0.1, 0.15) is 0 Å². The van der Waals surface area contributed by atoms with Crippen LogP contribution in [0.4, 0.5) is 4.79 Å². The zero-order valence-corrected chi connectivity index (χ0v) is 12.6. The van der Waals surface area contributed by atoms with E-state index in [0.29, 0.717) is 6.04 Å². The number of nitrogens with one attached hydrogen (secondary N) is 1. The molecular weight excluding hydrogens is 258 g/mol. The molecular formula is C13H25N5O2. The minimum absolute atomic E-state index is 0.00748. The second-order valence-electron chi connectivity index (χ2n) is 5.84. The average molecular weight is 283 g/mol. The molecule has 1 unspecified atom stereocenters. The van der Waals surface area contributed by atoms with Crippen LogP contribution >= 0.6 is 0 Å². The van der Waals surface area contributed by atoms with Crippen LogP contribution in [-0.2, 0) is 4.79 Å². The van der Waals surface area contributed by atoms with E-state index in [1.54, 1.807) is 14.1 Å². The van der Waals surface area contributed by atoms with Crippen molar-refractivity contribution in [3.8, 4) is 0 Å². The van der Waals surface area contributed by atoms with Crippen LogP contribution in [-0.4, -0.2) is 105 Å². The largest absolute Gasteiger partial charge is 0.338 e. The third-order valence-electron chi connectivity index (χ3n) is 4.05. The first-order valence-electron chi connectivity index (χ1n) is 7.13. The van der Waals surface area contributed by atoms with Gasteiger partial charge >= 0.3 is 6.03 Å². The molecule has 0 bridgehead atoms. The zero-order chi connectivity index (χ0) is 14.7. The number of nitrogens with zero attached hydrogens (tertiary/aromatic N) is 4. The van der Waals surface area contributed by atoms with E-state index in [2.05, 4.69) is 22.2 Å². The average Bonchev–Trinajstić information content (AvgIpc) is 2.43. The first-order valence-corrected chi connectivity index (χ1v) is 7.13. The molecule has 3 amide bonds. The normalized spacial score (nSPS) is 24.1. The van der Waals surface area contributed by atoms with Gasteiger partial charge in [-0.1, -0.05) is 0 Å². The number of likely N-dealkylation sites (N-methyl/N-ethyl adjacent to an activating group) is 1. The highest BCUT2D eigenvalue weighted by Gasteiger charge is 2.32. The minimum Gasteiger partial charge on any atom is -0.338 e. The molecule has 0 radical (unpaired) electrons. The Kier molecular flexibility index (Phi) is 4.82. The van der Waals surface area contributed by atoms with Crippen molar-refractivity contribution in [1.29, 1.82) is 0 Å². The van der Waals surface area contributed by atoms with Crippen LogP contribution in [0.3, 0.4) is 0 Å². The Hall–Kier alpha value is -1.34. The van der Waals surface area contributed by atoms with E-state index < -0.39 is 0 Å². The molecule has 2 aliphatic rings. The molecule has 2 rings (SSSR count). The highest BCUT2D eigenvalue weighted by Crippen LogP contribution is 2.14. The first-order chi connectivity index (χ1) is 9.47. The van der Waals surface area contributed by atoms with Crippen molar-refractivity contribution in [3.05, 3.63) is 0 Å². The van der Waals surface area contributed by atoms with Gasteiger partial charge in [-0.25, -0.2) is 4.79 Å². The summed E-state index contributed by atoms with van der Waals surface area (Å²) in [6.07, 6.45) is 0. The van der Waals surface area contributed by atoms with Gasteiger partial charge in [-0.05, 0) is 7.05 Å². The second-order valence-corrected chi connectivity index (χ2v) is 5.84. The Balaban J connectivity index is 1.81. The summed E-state index contributed by atoms with van der Waals surface area (Å²) < 4.78 is 0. The van der Waals surface area contributed by atoms with Crippen molar-refractivity contribution in [1.82, 2.24) is 24.9 Å². The molecule has 20 heavy (non-hydrogen) atoms. The molecule has 2 fully saturated rings. The molecule has 1 N–H and O–H groups in total. The zero-order valence-electron chi connectivity index (χ0n) is 12.6. The van der Waals surface area contributed by atoms with Crippen LogP contribution in [0.2, 0.25) is 0 Å².